The number of halogens is 3. The molecule has 29 heavy (non-hydrogen) atoms. The summed E-state index contributed by atoms with van der Waals surface area (Å²) in [6.07, 6.45) is -4.82. The Morgan fingerprint density at radius 1 is 1.03 bits per heavy atom. The quantitative estimate of drug-likeness (QED) is 0.696. The van der Waals surface area contributed by atoms with Gasteiger partial charge in [0.15, 0.2) is 11.5 Å². The number of nitrogens with zero attached hydrogens (tertiary/aromatic N) is 1. The van der Waals surface area contributed by atoms with Gasteiger partial charge in [0.05, 0.1) is 21.7 Å². The summed E-state index contributed by atoms with van der Waals surface area (Å²) in [5.41, 5.74) is -1.92. The molecule has 0 spiro atoms. The lowest BCUT2D eigenvalue weighted by Crippen LogP contribution is -2.21. The van der Waals surface area contributed by atoms with Crippen LogP contribution >= 0.6 is 0 Å². The molecular formula is C18H13F3N2O5S. The van der Waals surface area contributed by atoms with E-state index in [1.165, 1.54) is 31.3 Å². The predicted octanol–water partition coefficient (Wildman–Crippen LogP) is 3.09. The third-order valence-corrected chi connectivity index (χ3v) is 5.84. The smallest absolute Gasteiger partial charge is 0.417 e. The van der Waals surface area contributed by atoms with Crippen molar-refractivity contribution in [3.05, 3.63) is 58.4 Å². The van der Waals surface area contributed by atoms with Crippen LogP contribution in [-0.2, 0) is 23.2 Å². The van der Waals surface area contributed by atoms with E-state index in [4.69, 9.17) is 9.47 Å². The standard InChI is InChI=1S/C18H13F3N2O5S/c1-23-14-4-3-11(7-12(14)13(8-17(23)24)18(19,20)21)29(25,26)22-10-2-5-15-16(6-10)28-9-27-15/h2-8,22H,9H2,1H3. The molecule has 1 aliphatic rings. The Balaban J connectivity index is 1.81. The molecule has 7 nitrogen and oxygen atoms in total. The van der Waals surface area contributed by atoms with Gasteiger partial charge in [-0.1, -0.05) is 0 Å². The van der Waals surface area contributed by atoms with Crippen molar-refractivity contribution >= 4 is 26.6 Å². The van der Waals surface area contributed by atoms with Gasteiger partial charge in [-0.05, 0) is 30.3 Å². The number of ether oxygens (including phenoxy) is 2. The molecule has 2 aromatic carbocycles. The molecule has 3 aromatic rings. The molecular weight excluding hydrogens is 413 g/mol. The van der Waals surface area contributed by atoms with E-state index in [0.717, 1.165) is 16.7 Å². The monoisotopic (exact) mass is 426 g/mol. The molecule has 0 aliphatic carbocycles. The van der Waals surface area contributed by atoms with Crippen LogP contribution in [0.4, 0.5) is 18.9 Å². The summed E-state index contributed by atoms with van der Waals surface area (Å²) in [7, 11) is -2.90. The first-order valence-electron chi connectivity index (χ1n) is 8.20. The summed E-state index contributed by atoms with van der Waals surface area (Å²) in [5.74, 6) is 0.799. The summed E-state index contributed by atoms with van der Waals surface area (Å²) in [5, 5.41) is -0.395. The maximum absolute atomic E-state index is 13.4. The number of nitrogens with one attached hydrogen (secondary N) is 1. The van der Waals surface area contributed by atoms with Gasteiger partial charge >= 0.3 is 6.18 Å². The zero-order valence-electron chi connectivity index (χ0n) is 14.8. The molecule has 2 heterocycles. The summed E-state index contributed by atoms with van der Waals surface area (Å²) in [6, 6.07) is 8.01. The average molecular weight is 426 g/mol. The Morgan fingerprint density at radius 3 is 2.48 bits per heavy atom. The van der Waals surface area contributed by atoms with Crippen molar-refractivity contribution in [3.8, 4) is 11.5 Å². The number of aryl methyl sites for hydroxylation is 1. The van der Waals surface area contributed by atoms with Gasteiger partial charge < -0.3 is 14.0 Å². The third-order valence-electron chi connectivity index (χ3n) is 4.46. The maximum Gasteiger partial charge on any atom is 0.417 e. The SMILES string of the molecule is Cn1c(=O)cc(C(F)(F)F)c2cc(S(=O)(=O)Nc3ccc4c(c3)OCO4)ccc21. The van der Waals surface area contributed by atoms with Crippen molar-refractivity contribution in [3.63, 3.8) is 0 Å². The first kappa shape index (κ1) is 19.1. The van der Waals surface area contributed by atoms with E-state index in [2.05, 4.69) is 4.72 Å². The second kappa shape index (κ2) is 6.41. The van der Waals surface area contributed by atoms with Crippen molar-refractivity contribution in [1.29, 1.82) is 0 Å². The largest absolute Gasteiger partial charge is 0.454 e. The Morgan fingerprint density at radius 2 is 1.76 bits per heavy atom. The van der Waals surface area contributed by atoms with Gasteiger partial charge in [0.2, 0.25) is 6.79 Å². The molecule has 0 amide bonds. The highest BCUT2D eigenvalue weighted by Crippen LogP contribution is 2.36. The van der Waals surface area contributed by atoms with Gasteiger partial charge in [0, 0.05) is 24.6 Å². The lowest BCUT2D eigenvalue weighted by atomic mass is 10.1. The van der Waals surface area contributed by atoms with Gasteiger partial charge in [0.1, 0.15) is 0 Å². The van der Waals surface area contributed by atoms with Gasteiger partial charge in [-0.15, -0.1) is 0 Å². The zero-order valence-corrected chi connectivity index (χ0v) is 15.6. The van der Waals surface area contributed by atoms with Crippen LogP contribution in [0.3, 0.4) is 0 Å². The highest BCUT2D eigenvalue weighted by atomic mass is 32.2. The number of pyridine rings is 1. The van der Waals surface area contributed by atoms with E-state index >= 15 is 0 Å². The predicted molar refractivity (Wildman–Crippen MR) is 97.6 cm³/mol. The minimum Gasteiger partial charge on any atom is -0.454 e. The fourth-order valence-electron chi connectivity index (χ4n) is 3.02. The van der Waals surface area contributed by atoms with E-state index in [1.54, 1.807) is 0 Å². The molecule has 1 N–H and O–H groups in total. The summed E-state index contributed by atoms with van der Waals surface area (Å²) in [4.78, 5) is 11.4. The van der Waals surface area contributed by atoms with Crippen molar-refractivity contribution in [2.45, 2.75) is 11.1 Å². The van der Waals surface area contributed by atoms with Crippen LogP contribution in [0.5, 0.6) is 11.5 Å². The van der Waals surface area contributed by atoms with E-state index in [9.17, 15) is 26.4 Å². The highest BCUT2D eigenvalue weighted by Gasteiger charge is 2.34. The van der Waals surface area contributed by atoms with Crippen LogP contribution in [0.15, 0.2) is 52.2 Å². The number of sulfonamides is 1. The van der Waals surface area contributed by atoms with Crippen molar-refractivity contribution in [2.75, 3.05) is 11.5 Å². The van der Waals surface area contributed by atoms with Crippen molar-refractivity contribution in [1.82, 2.24) is 4.57 Å². The van der Waals surface area contributed by atoms with Crippen LogP contribution in [0.2, 0.25) is 0 Å². The zero-order chi connectivity index (χ0) is 21.0. The van der Waals surface area contributed by atoms with Crippen molar-refractivity contribution in [2.24, 2.45) is 7.05 Å². The average Bonchev–Trinajstić information content (AvgIpc) is 3.10. The van der Waals surface area contributed by atoms with E-state index in [1.807, 2.05) is 0 Å². The van der Waals surface area contributed by atoms with Crippen LogP contribution in [0.25, 0.3) is 10.9 Å². The topological polar surface area (TPSA) is 86.6 Å². The van der Waals surface area contributed by atoms with Gasteiger partial charge in [-0.3, -0.25) is 9.52 Å². The second-order valence-corrected chi connectivity index (χ2v) is 7.99. The molecule has 0 bridgehead atoms. The minimum atomic E-state index is -4.82. The van der Waals surface area contributed by atoms with Gasteiger partial charge in [-0.2, -0.15) is 13.2 Å². The van der Waals surface area contributed by atoms with E-state index in [-0.39, 0.29) is 22.9 Å². The van der Waals surface area contributed by atoms with E-state index < -0.39 is 32.7 Å². The number of hydrogen-bond donors (Lipinski definition) is 1. The van der Waals surface area contributed by atoms with E-state index in [0.29, 0.717) is 17.6 Å². The Labute approximate surface area is 162 Å². The van der Waals surface area contributed by atoms with Crippen molar-refractivity contribution < 1.29 is 31.1 Å². The summed E-state index contributed by atoms with van der Waals surface area (Å²) < 4.78 is 79.3. The molecule has 0 atom stereocenters. The number of fused-ring (bicyclic) bond motifs is 2. The Hall–Kier alpha value is -3.21. The Bertz CT molecular complexity index is 1300. The van der Waals surface area contributed by atoms with Crippen LogP contribution in [0, 0.1) is 0 Å². The van der Waals surface area contributed by atoms with Gasteiger partial charge in [-0.25, -0.2) is 8.42 Å². The summed E-state index contributed by atoms with van der Waals surface area (Å²) >= 11 is 0. The maximum atomic E-state index is 13.4. The molecule has 4 rings (SSSR count). The molecule has 1 aliphatic heterocycles. The van der Waals surface area contributed by atoms with Gasteiger partial charge in [0.25, 0.3) is 15.6 Å². The fraction of sp³-hybridized carbons (Fsp3) is 0.167. The lowest BCUT2D eigenvalue weighted by molar-refractivity contribution is -0.136. The number of aromatic nitrogens is 1. The number of rotatable bonds is 3. The number of hydrogen-bond acceptors (Lipinski definition) is 5. The lowest BCUT2D eigenvalue weighted by Gasteiger charge is -2.14. The molecule has 0 fully saturated rings. The molecule has 11 heteroatoms. The number of anilines is 1. The third kappa shape index (κ3) is 3.37. The molecule has 0 saturated carbocycles. The number of benzene rings is 2. The number of alkyl halides is 3. The first-order valence-corrected chi connectivity index (χ1v) is 9.68. The van der Waals surface area contributed by atoms with Crippen LogP contribution in [-0.4, -0.2) is 19.8 Å². The second-order valence-electron chi connectivity index (χ2n) is 6.31. The molecule has 0 radical (unpaired) electrons. The first-order chi connectivity index (χ1) is 13.6. The Kier molecular flexibility index (Phi) is 4.23. The molecule has 1 aromatic heterocycles. The van der Waals surface area contributed by atoms with Crippen LogP contribution < -0.4 is 19.8 Å². The highest BCUT2D eigenvalue weighted by molar-refractivity contribution is 7.92. The molecule has 152 valence electrons. The minimum absolute atomic E-state index is 0.00908. The molecule has 0 saturated heterocycles. The normalized spacial score (nSPS) is 13.7. The summed E-state index contributed by atoms with van der Waals surface area (Å²) in [6.45, 7) is 0.00908. The fourth-order valence-corrected chi connectivity index (χ4v) is 4.09. The van der Waals surface area contributed by atoms with Crippen LogP contribution in [0.1, 0.15) is 5.56 Å². The molecule has 0 unspecified atom stereocenters.